The number of anilines is 1. The molecule has 1 unspecified atom stereocenters. The average Bonchev–Trinajstić information content (AvgIpc) is 2.70. The fourth-order valence-corrected chi connectivity index (χ4v) is 5.33. The van der Waals surface area contributed by atoms with E-state index in [9.17, 15) is 21.9 Å². The molecule has 0 saturated carbocycles. The van der Waals surface area contributed by atoms with Crippen LogP contribution in [0.15, 0.2) is 28.0 Å². The maximum atomic E-state index is 13.4. The second-order valence-corrected chi connectivity index (χ2v) is 11.1. The lowest BCUT2D eigenvalue weighted by atomic mass is 10.2. The molecule has 31 heavy (non-hydrogen) atoms. The topological polar surface area (TPSA) is 122 Å². The summed E-state index contributed by atoms with van der Waals surface area (Å²) in [6.45, 7) is 9.71. The van der Waals surface area contributed by atoms with Crippen molar-refractivity contribution in [1.29, 1.82) is 0 Å². The number of sulfone groups is 1. The van der Waals surface area contributed by atoms with Gasteiger partial charge in [0.2, 0.25) is 10.0 Å². The van der Waals surface area contributed by atoms with Crippen molar-refractivity contribution in [3.63, 3.8) is 0 Å². The number of hydrogen-bond acceptors (Lipinski definition) is 8. The van der Waals surface area contributed by atoms with Gasteiger partial charge in [0.15, 0.2) is 16.1 Å². The van der Waals surface area contributed by atoms with Crippen LogP contribution < -0.4 is 5.32 Å². The monoisotopic (exact) mass is 480 g/mol. The second-order valence-electron chi connectivity index (χ2n) is 7.16. The fourth-order valence-electron chi connectivity index (χ4n) is 2.95. The minimum Gasteiger partial charge on any atom is -0.392 e. The van der Waals surface area contributed by atoms with E-state index >= 15 is 0 Å². The number of hydrogen-bond donors (Lipinski definition) is 2. The summed E-state index contributed by atoms with van der Waals surface area (Å²) >= 11 is 0. The third-order valence-electron chi connectivity index (χ3n) is 4.69. The Morgan fingerprint density at radius 3 is 2.10 bits per heavy atom. The van der Waals surface area contributed by atoms with E-state index < -0.39 is 38.3 Å². The molecule has 1 aromatic rings. The molecule has 11 heteroatoms. The Kier molecular flexibility index (Phi) is 10.9. The highest BCUT2D eigenvalue weighted by atomic mass is 32.2. The van der Waals surface area contributed by atoms with E-state index in [1.54, 1.807) is 20.8 Å². The predicted octanol–water partition coefficient (Wildman–Crippen LogP) is 2.07. The maximum absolute atomic E-state index is 13.4. The normalized spacial score (nSPS) is 14.7. The van der Waals surface area contributed by atoms with E-state index in [-0.39, 0.29) is 28.6 Å². The van der Waals surface area contributed by atoms with Gasteiger partial charge in [0, 0.05) is 32.6 Å². The molecule has 0 aliphatic heterocycles. The number of nitrogens with one attached hydrogen (secondary N) is 1. The van der Waals surface area contributed by atoms with Gasteiger partial charge in [-0.2, -0.15) is 4.31 Å². The lowest BCUT2D eigenvalue weighted by molar-refractivity contribution is -0.142. The molecule has 2 N–H and O–H groups in total. The van der Waals surface area contributed by atoms with Gasteiger partial charge in [-0.1, -0.05) is 13.8 Å². The van der Waals surface area contributed by atoms with Gasteiger partial charge in [0.05, 0.1) is 22.7 Å². The quantitative estimate of drug-likeness (QED) is 0.388. The molecular weight excluding hydrogens is 444 g/mol. The number of aliphatic hydroxyl groups is 1. The third-order valence-corrected chi connectivity index (χ3v) is 7.78. The summed E-state index contributed by atoms with van der Waals surface area (Å²) in [4.78, 5) is -0.290. The first-order valence-electron chi connectivity index (χ1n) is 10.4. The first-order chi connectivity index (χ1) is 14.4. The summed E-state index contributed by atoms with van der Waals surface area (Å²) in [5.41, 5.74) is 0.230. The van der Waals surface area contributed by atoms with E-state index in [1.165, 1.54) is 12.1 Å². The number of aliphatic hydroxyl groups excluding tert-OH is 1. The Morgan fingerprint density at radius 2 is 1.65 bits per heavy atom. The van der Waals surface area contributed by atoms with E-state index in [4.69, 9.17) is 9.47 Å². The highest BCUT2D eigenvalue weighted by Gasteiger charge is 2.30. The molecule has 1 rings (SSSR count). The van der Waals surface area contributed by atoms with Crippen molar-refractivity contribution in [3.05, 3.63) is 18.2 Å². The zero-order valence-corrected chi connectivity index (χ0v) is 20.8. The molecule has 0 spiro atoms. The minimum absolute atomic E-state index is 0.0893. The Balaban J connectivity index is 3.50. The van der Waals surface area contributed by atoms with Gasteiger partial charge in [-0.3, -0.25) is 0 Å². The number of likely N-dealkylation sites (N-methyl/N-ethyl adjacent to an activating group) is 1. The highest BCUT2D eigenvalue weighted by molar-refractivity contribution is 7.91. The lowest BCUT2D eigenvalue weighted by Gasteiger charge is -2.28. The summed E-state index contributed by atoms with van der Waals surface area (Å²) in [5, 5.41) is 13.1. The zero-order valence-electron chi connectivity index (χ0n) is 19.2. The molecule has 0 fully saturated rings. The molecule has 180 valence electrons. The van der Waals surface area contributed by atoms with Crippen molar-refractivity contribution in [1.82, 2.24) is 4.31 Å². The number of ether oxygens (including phenoxy) is 2. The largest absolute Gasteiger partial charge is 0.392 e. The van der Waals surface area contributed by atoms with Crippen LogP contribution in [-0.4, -0.2) is 77.2 Å². The molecule has 0 heterocycles. The molecule has 1 aromatic carbocycles. The highest BCUT2D eigenvalue weighted by Crippen LogP contribution is 2.29. The maximum Gasteiger partial charge on any atom is 0.245 e. The standard InChI is InChI=1S/C20H36N2O7S2/c1-7-16(23)14-22(8-2)31(26,27)19-13-17(30(6,24)25)11-12-18(19)21-15(5)20(28-9-3)29-10-4/h11-13,15-16,20-21,23H,7-10,14H2,1-6H3/t15-,16?/m0/s1. The van der Waals surface area contributed by atoms with Crippen LogP contribution in [0.4, 0.5) is 5.69 Å². The third kappa shape index (κ3) is 7.69. The molecule has 0 aliphatic rings. The summed E-state index contributed by atoms with van der Waals surface area (Å²) in [7, 11) is -7.73. The van der Waals surface area contributed by atoms with Crippen LogP contribution in [0.25, 0.3) is 0 Å². The van der Waals surface area contributed by atoms with Crippen molar-refractivity contribution < 1.29 is 31.4 Å². The molecule has 0 saturated heterocycles. The number of benzene rings is 1. The predicted molar refractivity (Wildman–Crippen MR) is 120 cm³/mol. The van der Waals surface area contributed by atoms with Crippen LogP contribution in [0, 0.1) is 0 Å². The SMILES string of the molecule is CCOC(OCC)[C@H](C)Nc1ccc(S(C)(=O)=O)cc1S(=O)(=O)N(CC)CC(O)CC. The zero-order chi connectivity index (χ0) is 23.8. The lowest BCUT2D eigenvalue weighted by Crippen LogP contribution is -2.39. The van der Waals surface area contributed by atoms with Crippen molar-refractivity contribution in [2.45, 2.75) is 69.3 Å². The van der Waals surface area contributed by atoms with E-state index in [2.05, 4.69) is 5.32 Å². The molecule has 0 aromatic heterocycles. The van der Waals surface area contributed by atoms with E-state index in [0.717, 1.165) is 16.6 Å². The average molecular weight is 481 g/mol. The summed E-state index contributed by atoms with van der Waals surface area (Å²) < 4.78 is 63.3. The molecule has 9 nitrogen and oxygen atoms in total. The summed E-state index contributed by atoms with van der Waals surface area (Å²) in [6.07, 6.45) is -0.0394. The Bertz CT molecular complexity index is 898. The van der Waals surface area contributed by atoms with Crippen molar-refractivity contribution in [3.8, 4) is 0 Å². The van der Waals surface area contributed by atoms with Crippen LogP contribution >= 0.6 is 0 Å². The van der Waals surface area contributed by atoms with Crippen LogP contribution in [0.5, 0.6) is 0 Å². The number of nitrogens with zero attached hydrogens (tertiary/aromatic N) is 1. The van der Waals surface area contributed by atoms with Gasteiger partial charge in [0.25, 0.3) is 0 Å². The van der Waals surface area contributed by atoms with Gasteiger partial charge in [-0.15, -0.1) is 0 Å². The first kappa shape index (κ1) is 27.8. The molecule has 0 radical (unpaired) electrons. The van der Waals surface area contributed by atoms with Gasteiger partial charge in [-0.05, 0) is 45.4 Å². The second kappa shape index (κ2) is 12.1. The van der Waals surface area contributed by atoms with Gasteiger partial charge in [0.1, 0.15) is 4.90 Å². The molecule has 0 amide bonds. The van der Waals surface area contributed by atoms with Gasteiger partial charge >= 0.3 is 0 Å². The smallest absolute Gasteiger partial charge is 0.245 e. The minimum atomic E-state index is -4.10. The van der Waals surface area contributed by atoms with Crippen molar-refractivity contribution >= 4 is 25.5 Å². The molecular formula is C20H36N2O7S2. The Labute approximate surface area is 186 Å². The fraction of sp³-hybridized carbons (Fsp3) is 0.700. The van der Waals surface area contributed by atoms with Crippen LogP contribution in [0.2, 0.25) is 0 Å². The van der Waals surface area contributed by atoms with Crippen LogP contribution in [0.3, 0.4) is 0 Å². The van der Waals surface area contributed by atoms with E-state index in [0.29, 0.717) is 19.6 Å². The number of sulfonamides is 1. The van der Waals surface area contributed by atoms with Gasteiger partial charge < -0.3 is 19.9 Å². The van der Waals surface area contributed by atoms with E-state index in [1.807, 2.05) is 13.8 Å². The first-order valence-corrected chi connectivity index (χ1v) is 13.8. The molecule has 2 atom stereocenters. The molecule has 0 bridgehead atoms. The van der Waals surface area contributed by atoms with Gasteiger partial charge in [-0.25, -0.2) is 16.8 Å². The summed E-state index contributed by atoms with van der Waals surface area (Å²) in [6, 6.07) is 3.52. The van der Waals surface area contributed by atoms with Crippen LogP contribution in [-0.2, 0) is 29.3 Å². The van der Waals surface area contributed by atoms with Crippen molar-refractivity contribution in [2.24, 2.45) is 0 Å². The summed E-state index contributed by atoms with van der Waals surface area (Å²) in [5.74, 6) is 0. The van der Waals surface area contributed by atoms with Crippen LogP contribution in [0.1, 0.15) is 41.0 Å². The van der Waals surface area contributed by atoms with Crippen molar-refractivity contribution in [2.75, 3.05) is 37.9 Å². The Morgan fingerprint density at radius 1 is 1.06 bits per heavy atom. The molecule has 0 aliphatic carbocycles. The number of rotatable bonds is 14. The Hall–Kier alpha value is -1.24.